The molecule has 3 N–H and O–H groups in total. The van der Waals surface area contributed by atoms with Crippen LogP contribution in [0.2, 0.25) is 0 Å². The van der Waals surface area contributed by atoms with Gasteiger partial charge in [0.05, 0.1) is 6.42 Å². The van der Waals surface area contributed by atoms with Gasteiger partial charge in [-0.15, -0.1) is 12.4 Å². The normalized spacial score (nSPS) is 13.5. The molecule has 120 valence electrons. The lowest BCUT2D eigenvalue weighted by atomic mass is 9.90. The molecule has 1 amide bonds. The van der Waals surface area contributed by atoms with E-state index in [-0.39, 0.29) is 23.9 Å². The average Bonchev–Trinajstić information content (AvgIpc) is 2.32. The van der Waals surface area contributed by atoms with Crippen LogP contribution in [-0.2, 0) is 11.2 Å². The molecule has 0 saturated carbocycles. The summed E-state index contributed by atoms with van der Waals surface area (Å²) < 4.78 is 0. The minimum atomic E-state index is -0.316. The molecule has 3 nitrogen and oxygen atoms in total. The van der Waals surface area contributed by atoms with E-state index >= 15 is 0 Å². The van der Waals surface area contributed by atoms with E-state index in [4.69, 9.17) is 5.73 Å². The van der Waals surface area contributed by atoms with Crippen molar-refractivity contribution in [3.05, 3.63) is 34.9 Å². The highest BCUT2D eigenvalue weighted by molar-refractivity contribution is 5.85. The molecule has 21 heavy (non-hydrogen) atoms. The Morgan fingerprint density at radius 3 is 2.48 bits per heavy atom. The number of amides is 1. The molecule has 0 aliphatic heterocycles. The topological polar surface area (TPSA) is 55.1 Å². The van der Waals surface area contributed by atoms with Crippen LogP contribution in [-0.4, -0.2) is 18.0 Å². The van der Waals surface area contributed by atoms with Gasteiger partial charge in [0.1, 0.15) is 0 Å². The molecule has 0 aliphatic carbocycles. The first-order valence-electron chi connectivity index (χ1n) is 7.33. The summed E-state index contributed by atoms with van der Waals surface area (Å²) in [4.78, 5) is 12.3. The second kappa shape index (κ2) is 8.40. The Morgan fingerprint density at radius 2 is 1.95 bits per heavy atom. The fourth-order valence-corrected chi connectivity index (χ4v) is 2.63. The summed E-state index contributed by atoms with van der Waals surface area (Å²) in [7, 11) is 0. The average molecular weight is 313 g/mol. The van der Waals surface area contributed by atoms with Crippen molar-refractivity contribution in [2.75, 3.05) is 6.54 Å². The van der Waals surface area contributed by atoms with Crippen molar-refractivity contribution in [2.45, 2.75) is 53.0 Å². The molecule has 0 radical (unpaired) electrons. The van der Waals surface area contributed by atoms with Crippen LogP contribution >= 0.6 is 12.4 Å². The predicted molar refractivity (Wildman–Crippen MR) is 91.9 cm³/mol. The number of aryl methyl sites for hydroxylation is 2. The van der Waals surface area contributed by atoms with Crippen LogP contribution in [0.25, 0.3) is 0 Å². The molecule has 0 saturated heterocycles. The molecule has 0 aliphatic rings. The van der Waals surface area contributed by atoms with E-state index in [2.05, 4.69) is 37.4 Å². The van der Waals surface area contributed by atoms with Gasteiger partial charge >= 0.3 is 0 Å². The van der Waals surface area contributed by atoms with Crippen LogP contribution in [0.5, 0.6) is 0 Å². The molecule has 1 rings (SSSR count). The number of nitrogens with two attached hydrogens (primary N) is 1. The zero-order valence-electron chi connectivity index (χ0n) is 13.8. The van der Waals surface area contributed by atoms with Gasteiger partial charge in [-0.1, -0.05) is 37.6 Å². The van der Waals surface area contributed by atoms with Gasteiger partial charge in [-0.25, -0.2) is 0 Å². The highest BCUT2D eigenvalue weighted by Gasteiger charge is 2.25. The molecular weight excluding hydrogens is 284 g/mol. The summed E-state index contributed by atoms with van der Waals surface area (Å²) >= 11 is 0. The van der Waals surface area contributed by atoms with Crippen LogP contribution in [0.1, 0.15) is 43.9 Å². The summed E-state index contributed by atoms with van der Waals surface area (Å²) in [5.41, 5.74) is 8.95. The molecule has 0 bridgehead atoms. The van der Waals surface area contributed by atoms with E-state index in [1.54, 1.807) is 0 Å². The molecule has 4 heteroatoms. The SMILES string of the molecule is Cc1ccc(C)c(CC(=O)NC(C)(CN)CC(C)C)c1.Cl. The first-order chi connectivity index (χ1) is 9.25. The van der Waals surface area contributed by atoms with Crippen molar-refractivity contribution < 1.29 is 4.79 Å². The molecule has 1 aromatic carbocycles. The second-order valence-electron chi connectivity index (χ2n) is 6.52. The summed E-state index contributed by atoms with van der Waals surface area (Å²) in [6.07, 6.45) is 1.31. The van der Waals surface area contributed by atoms with Gasteiger partial charge < -0.3 is 11.1 Å². The van der Waals surface area contributed by atoms with E-state index in [0.29, 0.717) is 18.9 Å². The number of nitrogens with one attached hydrogen (secondary N) is 1. The fourth-order valence-electron chi connectivity index (χ4n) is 2.63. The fraction of sp³-hybridized carbons (Fsp3) is 0.588. The number of benzene rings is 1. The van der Waals surface area contributed by atoms with Gasteiger partial charge in [-0.2, -0.15) is 0 Å². The van der Waals surface area contributed by atoms with Crippen molar-refractivity contribution in [2.24, 2.45) is 11.7 Å². The first-order valence-corrected chi connectivity index (χ1v) is 7.33. The summed E-state index contributed by atoms with van der Waals surface area (Å²) in [6.45, 7) is 10.9. The zero-order valence-corrected chi connectivity index (χ0v) is 14.6. The van der Waals surface area contributed by atoms with Gasteiger partial charge in [0.2, 0.25) is 5.91 Å². The largest absolute Gasteiger partial charge is 0.349 e. The third-order valence-electron chi connectivity index (χ3n) is 3.61. The van der Waals surface area contributed by atoms with Crippen molar-refractivity contribution in [1.29, 1.82) is 0 Å². The lowest BCUT2D eigenvalue weighted by molar-refractivity contribution is -0.122. The minimum absolute atomic E-state index is 0. The van der Waals surface area contributed by atoms with Gasteiger partial charge in [-0.3, -0.25) is 4.79 Å². The number of rotatable bonds is 6. The summed E-state index contributed by atoms with van der Waals surface area (Å²) in [6, 6.07) is 6.21. The molecule has 1 aromatic rings. The molecule has 0 spiro atoms. The van der Waals surface area contributed by atoms with Crippen molar-refractivity contribution >= 4 is 18.3 Å². The second-order valence-corrected chi connectivity index (χ2v) is 6.52. The lowest BCUT2D eigenvalue weighted by Crippen LogP contribution is -2.52. The zero-order chi connectivity index (χ0) is 15.3. The Balaban J connectivity index is 0.00000400. The summed E-state index contributed by atoms with van der Waals surface area (Å²) in [5, 5.41) is 3.11. The highest BCUT2D eigenvalue weighted by Crippen LogP contribution is 2.16. The van der Waals surface area contributed by atoms with Crippen LogP contribution in [0.15, 0.2) is 18.2 Å². The number of hydrogen-bond donors (Lipinski definition) is 2. The van der Waals surface area contributed by atoms with Crippen LogP contribution in [0, 0.1) is 19.8 Å². The molecule has 1 unspecified atom stereocenters. The van der Waals surface area contributed by atoms with E-state index < -0.39 is 0 Å². The van der Waals surface area contributed by atoms with Crippen LogP contribution in [0.4, 0.5) is 0 Å². The van der Waals surface area contributed by atoms with Crippen molar-refractivity contribution in [1.82, 2.24) is 5.32 Å². The van der Waals surface area contributed by atoms with Gasteiger partial charge in [0.25, 0.3) is 0 Å². The van der Waals surface area contributed by atoms with Crippen molar-refractivity contribution in [3.8, 4) is 0 Å². The van der Waals surface area contributed by atoms with Gasteiger partial charge in [0, 0.05) is 12.1 Å². The van der Waals surface area contributed by atoms with Gasteiger partial charge in [0.15, 0.2) is 0 Å². The quantitative estimate of drug-likeness (QED) is 0.848. The van der Waals surface area contributed by atoms with E-state index in [1.165, 1.54) is 5.56 Å². The van der Waals surface area contributed by atoms with E-state index in [1.807, 2.05) is 20.8 Å². The van der Waals surface area contributed by atoms with Gasteiger partial charge in [-0.05, 0) is 44.2 Å². The third kappa shape index (κ3) is 6.49. The van der Waals surface area contributed by atoms with Crippen LogP contribution < -0.4 is 11.1 Å². The Labute approximate surface area is 135 Å². The Bertz CT molecular complexity index is 474. The Hall–Kier alpha value is -1.06. The molecule has 0 aromatic heterocycles. The molecule has 0 heterocycles. The number of carbonyl (C=O) groups excluding carboxylic acids is 1. The minimum Gasteiger partial charge on any atom is -0.349 e. The predicted octanol–water partition coefficient (Wildman–Crippen LogP) is 3.15. The maximum Gasteiger partial charge on any atom is 0.224 e. The first kappa shape index (κ1) is 19.9. The van der Waals surface area contributed by atoms with Crippen LogP contribution in [0.3, 0.4) is 0 Å². The third-order valence-corrected chi connectivity index (χ3v) is 3.61. The summed E-state index contributed by atoms with van der Waals surface area (Å²) in [5.74, 6) is 0.553. The molecular formula is C17H29ClN2O. The number of hydrogen-bond acceptors (Lipinski definition) is 2. The maximum atomic E-state index is 12.3. The van der Waals surface area contributed by atoms with E-state index in [9.17, 15) is 4.79 Å². The smallest absolute Gasteiger partial charge is 0.224 e. The Kier molecular flexibility index (Phi) is 7.98. The molecule has 1 atom stereocenters. The van der Waals surface area contributed by atoms with E-state index in [0.717, 1.165) is 17.5 Å². The van der Waals surface area contributed by atoms with Crippen molar-refractivity contribution in [3.63, 3.8) is 0 Å². The standard InChI is InChI=1S/C17H28N2O.ClH/c1-12(2)10-17(5,11-18)19-16(20)9-15-8-13(3)6-7-14(15)4;/h6-8,12H,9-11,18H2,1-5H3,(H,19,20);1H. The molecule has 0 fully saturated rings. The monoisotopic (exact) mass is 312 g/mol. The lowest BCUT2D eigenvalue weighted by Gasteiger charge is -2.31. The Morgan fingerprint density at radius 1 is 1.33 bits per heavy atom. The number of halogens is 1. The maximum absolute atomic E-state index is 12.3. The number of carbonyl (C=O) groups is 1. The highest BCUT2D eigenvalue weighted by atomic mass is 35.5.